The number of aryl methyl sites for hydroxylation is 4. The molecule has 7 nitrogen and oxygen atoms in total. The van der Waals surface area contributed by atoms with Gasteiger partial charge in [0.1, 0.15) is 5.82 Å². The number of amides is 1. The third-order valence-corrected chi connectivity index (χ3v) is 5.59. The maximum absolute atomic E-state index is 13.2. The summed E-state index contributed by atoms with van der Waals surface area (Å²) in [6.07, 6.45) is 3.45. The first-order valence-corrected chi connectivity index (χ1v) is 9.92. The van der Waals surface area contributed by atoms with Crippen molar-refractivity contribution < 1.29 is 9.18 Å². The van der Waals surface area contributed by atoms with E-state index in [9.17, 15) is 14.0 Å². The van der Waals surface area contributed by atoms with Gasteiger partial charge in [0.05, 0.1) is 40.1 Å². The topological polar surface area (TPSA) is 73.8 Å². The SMILES string of the molecule is Cc1nn(Cc2ccc(F)cc2)c(C)c1NC(=O)c1cn(C)c2c(C)cn(C)c(=O)c12. The highest BCUT2D eigenvalue weighted by molar-refractivity contribution is 6.13. The van der Waals surface area contributed by atoms with Gasteiger partial charge in [0, 0.05) is 26.5 Å². The molecule has 1 aromatic carbocycles. The molecule has 0 fully saturated rings. The van der Waals surface area contributed by atoms with E-state index in [0.29, 0.717) is 28.9 Å². The van der Waals surface area contributed by atoms with Crippen molar-refractivity contribution in [2.24, 2.45) is 14.1 Å². The summed E-state index contributed by atoms with van der Waals surface area (Å²) in [5, 5.41) is 7.86. The van der Waals surface area contributed by atoms with E-state index in [0.717, 1.165) is 22.3 Å². The number of pyridine rings is 1. The first kappa shape index (κ1) is 20.6. The van der Waals surface area contributed by atoms with E-state index in [4.69, 9.17) is 0 Å². The van der Waals surface area contributed by atoms with Crippen LogP contribution in [0.5, 0.6) is 0 Å². The number of benzene rings is 1. The van der Waals surface area contributed by atoms with E-state index < -0.39 is 0 Å². The Balaban J connectivity index is 1.69. The third kappa shape index (κ3) is 3.54. The lowest BCUT2D eigenvalue weighted by molar-refractivity contribution is 0.102. The van der Waals surface area contributed by atoms with Crippen molar-refractivity contribution in [3.8, 4) is 0 Å². The van der Waals surface area contributed by atoms with Crippen LogP contribution in [0.4, 0.5) is 10.1 Å². The van der Waals surface area contributed by atoms with Crippen LogP contribution in [0.2, 0.25) is 0 Å². The lowest BCUT2D eigenvalue weighted by atomic mass is 10.1. The van der Waals surface area contributed by atoms with Crippen LogP contribution in [0.1, 0.15) is 32.9 Å². The number of hydrogen-bond acceptors (Lipinski definition) is 3. The number of aromatic nitrogens is 4. The quantitative estimate of drug-likeness (QED) is 0.549. The van der Waals surface area contributed by atoms with Gasteiger partial charge in [-0.05, 0) is 44.0 Å². The van der Waals surface area contributed by atoms with Gasteiger partial charge in [0.25, 0.3) is 11.5 Å². The summed E-state index contributed by atoms with van der Waals surface area (Å²) in [7, 11) is 3.50. The van der Waals surface area contributed by atoms with E-state index in [1.807, 2.05) is 27.8 Å². The number of carbonyl (C=O) groups is 1. The lowest BCUT2D eigenvalue weighted by Crippen LogP contribution is -2.20. The van der Waals surface area contributed by atoms with Crippen molar-refractivity contribution in [2.75, 3.05) is 5.32 Å². The predicted octanol–water partition coefficient (Wildman–Crippen LogP) is 3.44. The molecule has 8 heteroatoms. The minimum atomic E-state index is -0.360. The van der Waals surface area contributed by atoms with Crippen molar-refractivity contribution in [3.05, 3.63) is 80.9 Å². The molecule has 4 aromatic rings. The summed E-state index contributed by atoms with van der Waals surface area (Å²) >= 11 is 0. The molecule has 0 aliphatic carbocycles. The third-order valence-electron chi connectivity index (χ3n) is 5.59. The molecule has 0 spiro atoms. The zero-order valence-corrected chi connectivity index (χ0v) is 18.2. The minimum Gasteiger partial charge on any atom is -0.349 e. The molecule has 1 amide bonds. The van der Waals surface area contributed by atoms with E-state index in [2.05, 4.69) is 10.4 Å². The largest absolute Gasteiger partial charge is 0.349 e. The second-order valence-electron chi connectivity index (χ2n) is 7.89. The fraction of sp³-hybridized carbons (Fsp3) is 0.261. The number of carbonyl (C=O) groups excluding carboxylic acids is 1. The Morgan fingerprint density at radius 3 is 2.42 bits per heavy atom. The summed E-state index contributed by atoms with van der Waals surface area (Å²) in [5.41, 5.74) is 4.72. The highest BCUT2D eigenvalue weighted by Crippen LogP contribution is 2.25. The summed E-state index contributed by atoms with van der Waals surface area (Å²) in [4.78, 5) is 25.9. The molecular weight excluding hydrogens is 397 g/mol. The lowest BCUT2D eigenvalue weighted by Gasteiger charge is -2.08. The van der Waals surface area contributed by atoms with Crippen molar-refractivity contribution >= 4 is 22.5 Å². The molecule has 0 radical (unpaired) electrons. The Bertz CT molecular complexity index is 1380. The Morgan fingerprint density at radius 2 is 1.74 bits per heavy atom. The van der Waals surface area contributed by atoms with Gasteiger partial charge in [-0.1, -0.05) is 12.1 Å². The number of rotatable bonds is 4. The van der Waals surface area contributed by atoms with Crippen LogP contribution in [0, 0.1) is 26.6 Å². The molecule has 0 saturated carbocycles. The van der Waals surface area contributed by atoms with Gasteiger partial charge in [-0.25, -0.2) is 4.39 Å². The summed E-state index contributed by atoms with van der Waals surface area (Å²) in [6.45, 7) is 6.05. The van der Waals surface area contributed by atoms with Gasteiger partial charge in [0.2, 0.25) is 0 Å². The molecule has 3 aromatic heterocycles. The summed E-state index contributed by atoms with van der Waals surface area (Å²) in [5.74, 6) is -0.651. The second-order valence-corrected chi connectivity index (χ2v) is 7.89. The fourth-order valence-corrected chi connectivity index (χ4v) is 4.05. The van der Waals surface area contributed by atoms with Crippen molar-refractivity contribution in [1.29, 1.82) is 0 Å². The average Bonchev–Trinajstić information content (AvgIpc) is 3.20. The molecule has 0 aliphatic heterocycles. The first-order valence-electron chi connectivity index (χ1n) is 9.92. The van der Waals surface area contributed by atoms with Gasteiger partial charge >= 0.3 is 0 Å². The Kier molecular flexibility index (Phi) is 5.00. The van der Waals surface area contributed by atoms with Gasteiger partial charge in [-0.15, -0.1) is 0 Å². The number of hydrogen-bond donors (Lipinski definition) is 1. The number of fused-ring (bicyclic) bond motifs is 1. The normalized spacial score (nSPS) is 11.3. The Hall–Kier alpha value is -3.68. The molecule has 160 valence electrons. The van der Waals surface area contributed by atoms with Gasteiger partial charge in [0.15, 0.2) is 0 Å². The van der Waals surface area contributed by atoms with Crippen molar-refractivity contribution in [3.63, 3.8) is 0 Å². The zero-order valence-electron chi connectivity index (χ0n) is 18.2. The molecule has 3 heterocycles. The smallest absolute Gasteiger partial charge is 0.260 e. The molecule has 4 rings (SSSR count). The summed E-state index contributed by atoms with van der Waals surface area (Å²) in [6, 6.07) is 6.23. The average molecular weight is 421 g/mol. The first-order chi connectivity index (χ1) is 14.7. The maximum atomic E-state index is 13.2. The van der Waals surface area contributed by atoms with Gasteiger partial charge in [-0.3, -0.25) is 14.3 Å². The van der Waals surface area contributed by atoms with Crippen LogP contribution in [0.25, 0.3) is 10.9 Å². The zero-order chi connectivity index (χ0) is 22.4. The number of nitrogens with zero attached hydrogens (tertiary/aromatic N) is 4. The fourth-order valence-electron chi connectivity index (χ4n) is 4.05. The number of halogens is 1. The molecule has 0 unspecified atom stereocenters. The van der Waals surface area contributed by atoms with Crippen LogP contribution in [0.15, 0.2) is 41.5 Å². The Morgan fingerprint density at radius 1 is 1.06 bits per heavy atom. The molecule has 0 atom stereocenters. The summed E-state index contributed by atoms with van der Waals surface area (Å²) < 4.78 is 18.2. The molecule has 0 aliphatic rings. The molecule has 1 N–H and O–H groups in total. The minimum absolute atomic E-state index is 0.216. The maximum Gasteiger partial charge on any atom is 0.260 e. The van der Waals surface area contributed by atoms with Crippen LogP contribution in [0.3, 0.4) is 0 Å². The Labute approximate surface area is 178 Å². The number of anilines is 1. The molecule has 0 saturated heterocycles. The number of nitrogens with one attached hydrogen (secondary N) is 1. The monoisotopic (exact) mass is 421 g/mol. The van der Waals surface area contributed by atoms with E-state index in [1.165, 1.54) is 16.7 Å². The van der Waals surface area contributed by atoms with E-state index in [-0.39, 0.29) is 17.3 Å². The standard InChI is InChI=1S/C23H24FN5O2/c1-13-10-28(5)23(31)19-18(12-27(4)21(13)19)22(30)25-20-14(2)26-29(15(20)3)11-16-6-8-17(24)9-7-16/h6-10,12H,11H2,1-5H3,(H,25,30). The van der Waals surface area contributed by atoms with E-state index >= 15 is 0 Å². The van der Waals surface area contributed by atoms with Crippen molar-refractivity contribution in [2.45, 2.75) is 27.3 Å². The van der Waals surface area contributed by atoms with Gasteiger partial charge in [-0.2, -0.15) is 5.10 Å². The van der Waals surface area contributed by atoms with E-state index in [1.54, 1.807) is 40.8 Å². The molecular formula is C23H24FN5O2. The van der Waals surface area contributed by atoms with Crippen LogP contribution >= 0.6 is 0 Å². The molecule has 31 heavy (non-hydrogen) atoms. The van der Waals surface area contributed by atoms with Crippen LogP contribution in [-0.2, 0) is 20.6 Å². The molecule has 0 bridgehead atoms. The van der Waals surface area contributed by atoms with Crippen LogP contribution in [-0.4, -0.2) is 24.8 Å². The highest BCUT2D eigenvalue weighted by Gasteiger charge is 2.22. The second kappa shape index (κ2) is 7.54. The highest BCUT2D eigenvalue weighted by atomic mass is 19.1. The van der Waals surface area contributed by atoms with Crippen molar-refractivity contribution in [1.82, 2.24) is 18.9 Å². The predicted molar refractivity (Wildman–Crippen MR) is 118 cm³/mol. The van der Waals surface area contributed by atoms with Crippen LogP contribution < -0.4 is 10.9 Å². The van der Waals surface area contributed by atoms with Gasteiger partial charge < -0.3 is 14.5 Å².